The number of anilines is 1. The first-order valence-corrected chi connectivity index (χ1v) is 10.3. The average molecular weight is 432 g/mol. The number of aryl methyl sites for hydroxylation is 1. The molecule has 1 aliphatic heterocycles. The number of hydrogen-bond donors (Lipinski definition) is 1. The molecule has 4 rings (SSSR count). The molecule has 0 saturated carbocycles. The quantitative estimate of drug-likeness (QED) is 0.649. The van der Waals surface area contributed by atoms with Gasteiger partial charge >= 0.3 is 0 Å². The van der Waals surface area contributed by atoms with E-state index in [0.717, 1.165) is 12.8 Å². The molecule has 1 unspecified atom stereocenters. The molecule has 1 aromatic heterocycles. The van der Waals surface area contributed by atoms with Crippen LogP contribution in [-0.4, -0.2) is 28.4 Å². The van der Waals surface area contributed by atoms with Crippen LogP contribution in [0.3, 0.4) is 0 Å². The zero-order chi connectivity index (χ0) is 22.7. The second-order valence-electron chi connectivity index (χ2n) is 7.73. The zero-order valence-corrected chi connectivity index (χ0v) is 17.5. The van der Waals surface area contributed by atoms with Crippen LogP contribution < -0.4 is 5.32 Å². The number of benzene rings is 2. The fraction of sp³-hybridized carbons (Fsp3) is 0.250. The molecule has 1 aliphatic rings. The van der Waals surface area contributed by atoms with E-state index >= 15 is 0 Å². The van der Waals surface area contributed by atoms with Crippen molar-refractivity contribution >= 4 is 17.5 Å². The minimum Gasteiger partial charge on any atom is -0.358 e. The normalized spacial score (nSPS) is 15.8. The third-order valence-electron chi connectivity index (χ3n) is 5.53. The Morgan fingerprint density at radius 2 is 2.06 bits per heavy atom. The summed E-state index contributed by atoms with van der Waals surface area (Å²) in [5, 5.41) is 15.6. The van der Waals surface area contributed by atoms with E-state index in [2.05, 4.69) is 10.5 Å². The number of carbonyl (C=O) groups excluding carboxylic acids is 2. The molecule has 0 spiro atoms. The van der Waals surface area contributed by atoms with Gasteiger partial charge in [0.1, 0.15) is 5.82 Å². The smallest absolute Gasteiger partial charge is 0.277 e. The fourth-order valence-corrected chi connectivity index (χ4v) is 3.86. The molecule has 0 aliphatic carbocycles. The average Bonchev–Trinajstić information content (AvgIpc) is 3.31. The molecule has 162 valence electrons. The molecule has 2 amide bonds. The third kappa shape index (κ3) is 4.37. The molecule has 32 heavy (non-hydrogen) atoms. The van der Waals surface area contributed by atoms with Gasteiger partial charge in [-0.2, -0.15) is 5.26 Å². The number of aromatic nitrogens is 1. The van der Waals surface area contributed by atoms with Crippen LogP contribution in [0, 0.1) is 24.1 Å². The summed E-state index contributed by atoms with van der Waals surface area (Å²) in [6.07, 6.45) is 2.37. The molecule has 7 nitrogen and oxygen atoms in total. The summed E-state index contributed by atoms with van der Waals surface area (Å²) in [4.78, 5) is 27.4. The van der Waals surface area contributed by atoms with Gasteiger partial charge in [-0.15, -0.1) is 0 Å². The lowest BCUT2D eigenvalue weighted by atomic mass is 9.97. The van der Waals surface area contributed by atoms with E-state index in [1.54, 1.807) is 42.2 Å². The van der Waals surface area contributed by atoms with Gasteiger partial charge in [0.15, 0.2) is 11.5 Å². The number of piperidine rings is 1. The largest absolute Gasteiger partial charge is 0.358 e. The van der Waals surface area contributed by atoms with E-state index in [9.17, 15) is 14.0 Å². The number of nitrogens with one attached hydrogen (secondary N) is 1. The van der Waals surface area contributed by atoms with Gasteiger partial charge in [0.05, 0.1) is 17.7 Å². The minimum atomic E-state index is -0.482. The number of nitriles is 1. The summed E-state index contributed by atoms with van der Waals surface area (Å²) in [6.45, 7) is 2.27. The minimum absolute atomic E-state index is 0.0715. The predicted octanol–water partition coefficient (Wildman–Crippen LogP) is 4.61. The highest BCUT2D eigenvalue weighted by atomic mass is 19.1. The number of likely N-dealkylation sites (tertiary alicyclic amines) is 1. The van der Waals surface area contributed by atoms with Crippen molar-refractivity contribution in [3.05, 3.63) is 82.5 Å². The Morgan fingerprint density at radius 1 is 1.22 bits per heavy atom. The van der Waals surface area contributed by atoms with E-state index in [1.165, 1.54) is 18.2 Å². The van der Waals surface area contributed by atoms with Crippen LogP contribution in [0.1, 0.15) is 63.0 Å². The van der Waals surface area contributed by atoms with Gasteiger partial charge in [-0.1, -0.05) is 17.3 Å². The molecular weight excluding hydrogens is 411 g/mol. The molecule has 1 saturated heterocycles. The molecule has 2 aromatic carbocycles. The van der Waals surface area contributed by atoms with Crippen LogP contribution in [0.25, 0.3) is 0 Å². The van der Waals surface area contributed by atoms with Gasteiger partial charge < -0.3 is 14.7 Å². The topological polar surface area (TPSA) is 99.2 Å². The number of amides is 2. The van der Waals surface area contributed by atoms with E-state index in [-0.39, 0.29) is 11.6 Å². The third-order valence-corrected chi connectivity index (χ3v) is 5.53. The van der Waals surface area contributed by atoms with E-state index in [1.807, 2.05) is 6.07 Å². The Bertz CT molecular complexity index is 1210. The lowest BCUT2D eigenvalue weighted by molar-refractivity contribution is 0.0568. The van der Waals surface area contributed by atoms with Crippen LogP contribution in [-0.2, 0) is 0 Å². The Hall–Kier alpha value is -3.99. The van der Waals surface area contributed by atoms with E-state index in [4.69, 9.17) is 9.78 Å². The van der Waals surface area contributed by atoms with Crippen molar-refractivity contribution in [2.45, 2.75) is 32.2 Å². The highest BCUT2D eigenvalue weighted by Gasteiger charge is 2.32. The van der Waals surface area contributed by atoms with Crippen molar-refractivity contribution < 1.29 is 18.5 Å². The molecule has 1 fully saturated rings. The number of halogens is 1. The lowest BCUT2D eigenvalue weighted by Crippen LogP contribution is -2.38. The van der Waals surface area contributed by atoms with Gasteiger partial charge in [0.2, 0.25) is 0 Å². The van der Waals surface area contributed by atoms with Crippen molar-refractivity contribution in [2.24, 2.45) is 0 Å². The maximum atomic E-state index is 13.8. The summed E-state index contributed by atoms with van der Waals surface area (Å²) in [6, 6.07) is 13.8. The molecule has 1 N–H and O–H groups in total. The van der Waals surface area contributed by atoms with Crippen LogP contribution in [0.5, 0.6) is 0 Å². The standard InChI is InChI=1S/C24H21FN4O3/c1-15-8-9-17(25)12-19(15)24(31)29-10-3-2-7-21(29)22-13-20(28-32-22)23(30)27-18-6-4-5-16(11-18)14-26/h4-6,8-9,11-13,21H,2-3,7,10H2,1H3,(H,27,30). The summed E-state index contributed by atoms with van der Waals surface area (Å²) in [5.74, 6) is -0.818. The van der Waals surface area contributed by atoms with Crippen LogP contribution >= 0.6 is 0 Å². The Balaban J connectivity index is 1.55. The second kappa shape index (κ2) is 9.02. The van der Waals surface area contributed by atoms with Crippen LogP contribution in [0.15, 0.2) is 53.1 Å². The van der Waals surface area contributed by atoms with Crippen molar-refractivity contribution in [3.63, 3.8) is 0 Å². The van der Waals surface area contributed by atoms with Crippen molar-refractivity contribution in [3.8, 4) is 6.07 Å². The van der Waals surface area contributed by atoms with E-state index < -0.39 is 17.8 Å². The van der Waals surface area contributed by atoms with Crippen molar-refractivity contribution in [1.29, 1.82) is 5.26 Å². The molecule has 0 bridgehead atoms. The highest BCUT2D eigenvalue weighted by molar-refractivity contribution is 6.03. The number of rotatable bonds is 4. The Kier molecular flexibility index (Phi) is 5.99. The molecular formula is C24H21FN4O3. The summed E-state index contributed by atoms with van der Waals surface area (Å²) < 4.78 is 19.2. The first kappa shape index (κ1) is 21.2. The van der Waals surface area contributed by atoms with Crippen LogP contribution in [0.2, 0.25) is 0 Å². The Morgan fingerprint density at radius 3 is 2.88 bits per heavy atom. The predicted molar refractivity (Wildman–Crippen MR) is 114 cm³/mol. The summed E-state index contributed by atoms with van der Waals surface area (Å²) in [7, 11) is 0. The SMILES string of the molecule is Cc1ccc(F)cc1C(=O)N1CCCCC1c1cc(C(=O)Nc2cccc(C#N)c2)no1. The summed E-state index contributed by atoms with van der Waals surface area (Å²) >= 11 is 0. The first-order chi connectivity index (χ1) is 15.5. The van der Waals surface area contributed by atoms with Gasteiger partial charge in [-0.25, -0.2) is 4.39 Å². The van der Waals surface area contributed by atoms with Gasteiger partial charge in [-0.3, -0.25) is 9.59 Å². The van der Waals surface area contributed by atoms with Gasteiger partial charge in [0, 0.05) is 23.9 Å². The first-order valence-electron chi connectivity index (χ1n) is 10.3. The van der Waals surface area contributed by atoms with E-state index in [0.29, 0.717) is 41.1 Å². The Labute approximate surface area is 184 Å². The lowest BCUT2D eigenvalue weighted by Gasteiger charge is -2.34. The number of carbonyl (C=O) groups is 2. The fourth-order valence-electron chi connectivity index (χ4n) is 3.86. The molecule has 3 aromatic rings. The van der Waals surface area contributed by atoms with Crippen LogP contribution in [0.4, 0.5) is 10.1 Å². The van der Waals surface area contributed by atoms with Crippen molar-refractivity contribution in [1.82, 2.24) is 10.1 Å². The number of nitrogens with zero attached hydrogens (tertiary/aromatic N) is 3. The monoisotopic (exact) mass is 432 g/mol. The van der Waals surface area contributed by atoms with Gasteiger partial charge in [0.25, 0.3) is 11.8 Å². The number of hydrogen-bond acceptors (Lipinski definition) is 5. The molecule has 0 radical (unpaired) electrons. The second-order valence-corrected chi connectivity index (χ2v) is 7.73. The van der Waals surface area contributed by atoms with Gasteiger partial charge in [-0.05, 0) is 62.1 Å². The summed E-state index contributed by atoms with van der Waals surface area (Å²) in [5.41, 5.74) is 1.97. The molecule has 2 heterocycles. The molecule has 8 heteroatoms. The zero-order valence-electron chi connectivity index (χ0n) is 17.5. The highest BCUT2D eigenvalue weighted by Crippen LogP contribution is 2.33. The van der Waals surface area contributed by atoms with Crippen molar-refractivity contribution in [2.75, 3.05) is 11.9 Å². The maximum Gasteiger partial charge on any atom is 0.277 e. The molecule has 1 atom stereocenters. The maximum absolute atomic E-state index is 13.8.